The van der Waals surface area contributed by atoms with E-state index in [9.17, 15) is 9.90 Å². The lowest BCUT2D eigenvalue weighted by atomic mass is 9.83. The molecule has 4 nitrogen and oxygen atoms in total. The van der Waals surface area contributed by atoms with Crippen LogP contribution in [0.5, 0.6) is 11.5 Å². The van der Waals surface area contributed by atoms with E-state index in [-0.39, 0.29) is 5.75 Å². The van der Waals surface area contributed by atoms with Gasteiger partial charge in [0, 0.05) is 5.56 Å². The third kappa shape index (κ3) is 2.13. The molecule has 1 aromatic rings. The average Bonchev–Trinajstić information content (AvgIpc) is 2.84. The maximum Gasteiger partial charge on any atom is 0.235 e. The number of hydrogen-bond donors (Lipinski definition) is 1. The maximum atomic E-state index is 10.8. The molecule has 1 aliphatic rings. The molecule has 0 aliphatic heterocycles. The van der Waals surface area contributed by atoms with Crippen molar-refractivity contribution in [3.05, 3.63) is 22.8 Å². The highest BCUT2D eigenvalue weighted by Gasteiger charge is 2.40. The summed E-state index contributed by atoms with van der Waals surface area (Å²) >= 11 is 0. The van der Waals surface area contributed by atoms with Crippen molar-refractivity contribution in [1.29, 1.82) is 0 Å². The van der Waals surface area contributed by atoms with E-state index in [1.165, 1.54) is 7.11 Å². The molecule has 1 fully saturated rings. The Balaban J connectivity index is 2.72. The monoisotopic (exact) mass is 261 g/mol. The summed E-state index contributed by atoms with van der Waals surface area (Å²) in [7, 11) is 1.53. The van der Waals surface area contributed by atoms with E-state index in [1.807, 2.05) is 13.8 Å². The SMILES string of the molecule is COc1cc(C)c(C)c(C2(N=C=O)CCCC2)c1O. The minimum absolute atomic E-state index is 0.103. The molecule has 0 unspecified atom stereocenters. The number of aryl methyl sites for hydroxylation is 1. The molecule has 0 heterocycles. The Morgan fingerprint density at radius 2 is 2.00 bits per heavy atom. The standard InChI is InChI=1S/C15H19NO3/c1-10-8-12(19-3)14(18)13(11(10)2)15(16-9-17)6-4-5-7-15/h8,18H,4-7H2,1-3H3. The molecule has 1 N–H and O–H groups in total. The number of phenolic OH excluding ortho intramolecular Hbond substituents is 1. The summed E-state index contributed by atoms with van der Waals surface area (Å²) in [5.41, 5.74) is 2.09. The molecule has 0 saturated heterocycles. The van der Waals surface area contributed by atoms with E-state index < -0.39 is 5.54 Å². The lowest BCUT2D eigenvalue weighted by Gasteiger charge is -2.27. The number of ether oxygens (including phenoxy) is 1. The van der Waals surface area contributed by atoms with Gasteiger partial charge < -0.3 is 9.84 Å². The van der Waals surface area contributed by atoms with Crippen molar-refractivity contribution < 1.29 is 14.6 Å². The highest BCUT2D eigenvalue weighted by atomic mass is 16.5. The van der Waals surface area contributed by atoms with Crippen LogP contribution in [0.15, 0.2) is 11.1 Å². The predicted octanol–water partition coefficient (Wildman–Crippen LogP) is 3.12. The van der Waals surface area contributed by atoms with Crippen molar-refractivity contribution in [3.8, 4) is 11.5 Å². The first kappa shape index (κ1) is 13.6. The summed E-state index contributed by atoms with van der Waals surface area (Å²) in [4.78, 5) is 14.8. The quantitative estimate of drug-likeness (QED) is 0.671. The first-order valence-corrected chi connectivity index (χ1v) is 6.52. The van der Waals surface area contributed by atoms with Crippen LogP contribution in [0.4, 0.5) is 0 Å². The smallest absolute Gasteiger partial charge is 0.235 e. The number of rotatable bonds is 3. The van der Waals surface area contributed by atoms with E-state index >= 15 is 0 Å². The van der Waals surface area contributed by atoms with Gasteiger partial charge in [-0.1, -0.05) is 12.8 Å². The summed E-state index contributed by atoms with van der Waals surface area (Å²) in [6.07, 6.45) is 5.22. The van der Waals surface area contributed by atoms with Crippen LogP contribution in [0.3, 0.4) is 0 Å². The van der Waals surface area contributed by atoms with Gasteiger partial charge in [-0.25, -0.2) is 4.79 Å². The first-order valence-electron chi connectivity index (χ1n) is 6.52. The molecule has 2 rings (SSSR count). The molecule has 0 bridgehead atoms. The normalized spacial score (nSPS) is 17.0. The zero-order chi connectivity index (χ0) is 14.0. The van der Waals surface area contributed by atoms with Gasteiger partial charge in [0.25, 0.3) is 0 Å². The van der Waals surface area contributed by atoms with Crippen molar-refractivity contribution in [2.24, 2.45) is 4.99 Å². The number of aliphatic imine (C=N–C) groups is 1. The number of benzene rings is 1. The summed E-state index contributed by atoms with van der Waals surface area (Å²) in [5, 5.41) is 10.4. The Labute approximate surface area is 113 Å². The van der Waals surface area contributed by atoms with Crippen LogP contribution in [-0.2, 0) is 10.3 Å². The number of aromatic hydroxyl groups is 1. The van der Waals surface area contributed by atoms with E-state index in [2.05, 4.69) is 4.99 Å². The third-order valence-electron chi connectivity index (χ3n) is 4.16. The summed E-state index contributed by atoms with van der Waals surface area (Å²) < 4.78 is 5.21. The van der Waals surface area contributed by atoms with Gasteiger partial charge in [-0.3, -0.25) is 0 Å². The molecule has 1 aromatic carbocycles. The summed E-state index contributed by atoms with van der Waals surface area (Å²) in [6.45, 7) is 3.91. The molecular weight excluding hydrogens is 242 g/mol. The molecule has 0 amide bonds. The van der Waals surface area contributed by atoms with E-state index in [0.717, 1.165) is 42.4 Å². The van der Waals surface area contributed by atoms with Gasteiger partial charge in [-0.2, -0.15) is 4.99 Å². The second kappa shape index (κ2) is 5.06. The van der Waals surface area contributed by atoms with Gasteiger partial charge in [0.05, 0.1) is 7.11 Å². The lowest BCUT2D eigenvalue weighted by molar-refractivity contribution is 0.354. The number of carbonyl (C=O) groups excluding carboxylic acids is 1. The molecule has 102 valence electrons. The average molecular weight is 261 g/mol. The molecule has 0 spiro atoms. The Bertz CT molecular complexity index is 539. The first-order chi connectivity index (χ1) is 9.05. The number of phenols is 1. The van der Waals surface area contributed by atoms with Crippen molar-refractivity contribution >= 4 is 6.08 Å². The molecule has 19 heavy (non-hydrogen) atoms. The number of methoxy groups -OCH3 is 1. The van der Waals surface area contributed by atoms with Crippen LogP contribution in [0, 0.1) is 13.8 Å². The van der Waals surface area contributed by atoms with Crippen LogP contribution >= 0.6 is 0 Å². The zero-order valence-electron chi connectivity index (χ0n) is 11.6. The molecule has 0 atom stereocenters. The fourth-order valence-electron chi connectivity index (χ4n) is 3.06. The van der Waals surface area contributed by atoms with Crippen molar-refractivity contribution in [1.82, 2.24) is 0 Å². The Hall–Kier alpha value is -1.80. The number of isocyanates is 1. The zero-order valence-corrected chi connectivity index (χ0v) is 11.6. The van der Waals surface area contributed by atoms with Crippen LogP contribution in [0.1, 0.15) is 42.4 Å². The van der Waals surface area contributed by atoms with Gasteiger partial charge in [0.15, 0.2) is 11.5 Å². The molecule has 1 saturated carbocycles. The molecule has 0 radical (unpaired) electrons. The molecule has 0 aromatic heterocycles. The minimum atomic E-state index is -0.630. The summed E-state index contributed by atoms with van der Waals surface area (Å²) in [6, 6.07) is 1.81. The van der Waals surface area contributed by atoms with Crippen LogP contribution < -0.4 is 4.74 Å². The third-order valence-corrected chi connectivity index (χ3v) is 4.16. The highest BCUT2D eigenvalue weighted by molar-refractivity contribution is 5.57. The van der Waals surface area contributed by atoms with E-state index in [0.29, 0.717) is 5.75 Å². The second-order valence-electron chi connectivity index (χ2n) is 5.19. The second-order valence-corrected chi connectivity index (χ2v) is 5.19. The van der Waals surface area contributed by atoms with Gasteiger partial charge in [-0.05, 0) is 43.9 Å². The van der Waals surface area contributed by atoms with Crippen molar-refractivity contribution in [2.45, 2.75) is 45.1 Å². The minimum Gasteiger partial charge on any atom is -0.504 e. The largest absolute Gasteiger partial charge is 0.504 e. The summed E-state index contributed by atoms with van der Waals surface area (Å²) in [5.74, 6) is 0.539. The topological polar surface area (TPSA) is 58.9 Å². The van der Waals surface area contributed by atoms with Gasteiger partial charge in [0.2, 0.25) is 6.08 Å². The molecule has 1 aliphatic carbocycles. The Morgan fingerprint density at radius 1 is 1.37 bits per heavy atom. The Kier molecular flexibility index (Phi) is 3.63. The van der Waals surface area contributed by atoms with Crippen molar-refractivity contribution in [3.63, 3.8) is 0 Å². The highest BCUT2D eigenvalue weighted by Crippen LogP contribution is 2.50. The predicted molar refractivity (Wildman–Crippen MR) is 72.4 cm³/mol. The van der Waals surface area contributed by atoms with Crippen LogP contribution in [0.2, 0.25) is 0 Å². The van der Waals surface area contributed by atoms with Gasteiger partial charge >= 0.3 is 0 Å². The van der Waals surface area contributed by atoms with Crippen LogP contribution in [0.25, 0.3) is 0 Å². The molecule has 4 heteroatoms. The van der Waals surface area contributed by atoms with Crippen LogP contribution in [-0.4, -0.2) is 18.3 Å². The van der Waals surface area contributed by atoms with E-state index in [1.54, 1.807) is 12.1 Å². The fourth-order valence-corrected chi connectivity index (χ4v) is 3.06. The van der Waals surface area contributed by atoms with Gasteiger partial charge in [0.1, 0.15) is 5.54 Å². The van der Waals surface area contributed by atoms with Gasteiger partial charge in [-0.15, -0.1) is 0 Å². The maximum absolute atomic E-state index is 10.8. The Morgan fingerprint density at radius 3 is 2.53 bits per heavy atom. The number of nitrogens with zero attached hydrogens (tertiary/aromatic N) is 1. The molecular formula is C15H19NO3. The van der Waals surface area contributed by atoms with Crippen molar-refractivity contribution in [2.75, 3.05) is 7.11 Å². The van der Waals surface area contributed by atoms with E-state index in [4.69, 9.17) is 4.74 Å². The fraction of sp³-hybridized carbons (Fsp3) is 0.533. The lowest BCUT2D eigenvalue weighted by Crippen LogP contribution is -2.21. The number of hydrogen-bond acceptors (Lipinski definition) is 4.